The SMILES string of the molecule is C[C@@H]1[C@@H]([Si](C)(C)F)[C@H](CC(=O)N2CCC[C@H]2CO)O[C@@]12C(=O)N(C)c1ccc(Cl)cc12. The number of nitrogens with zero attached hydrogens (tertiary/aromatic N) is 2. The van der Waals surface area contributed by atoms with Gasteiger partial charge in [0.15, 0.2) is 5.60 Å². The molecule has 0 unspecified atom stereocenters. The van der Waals surface area contributed by atoms with E-state index in [4.69, 9.17) is 16.3 Å². The van der Waals surface area contributed by atoms with Crippen LogP contribution in [0.5, 0.6) is 0 Å². The Kier molecular flexibility index (Phi) is 5.73. The molecule has 9 heteroatoms. The number of likely N-dealkylation sites (tertiary alicyclic amines) is 1. The molecule has 170 valence electrons. The van der Waals surface area contributed by atoms with Crippen LogP contribution in [0.2, 0.25) is 23.7 Å². The molecule has 3 heterocycles. The standard InChI is InChI=1S/C22H30ClFN2O4Si/c1-13-20(31(3,4)24)18(11-19(28)26-9-5-6-15(26)12-27)30-22(13)16-10-14(23)7-8-17(16)25(2)21(22)29/h7-8,10,13,15,18,20,27H,5-6,9,11-12H2,1-4H3/t13-,15+,18+,20-,22+/m1/s1. The van der Waals surface area contributed by atoms with Crippen LogP contribution in [0.25, 0.3) is 0 Å². The molecule has 0 radical (unpaired) electrons. The number of amides is 2. The van der Waals surface area contributed by atoms with Gasteiger partial charge in [-0.15, -0.1) is 0 Å². The second-order valence-corrected chi connectivity index (χ2v) is 13.8. The van der Waals surface area contributed by atoms with Crippen LogP contribution < -0.4 is 4.90 Å². The molecule has 3 aliphatic rings. The van der Waals surface area contributed by atoms with Crippen molar-refractivity contribution in [1.82, 2.24) is 4.90 Å². The summed E-state index contributed by atoms with van der Waals surface area (Å²) in [4.78, 5) is 29.8. The molecule has 2 saturated heterocycles. The maximum Gasteiger partial charge on any atom is 0.264 e. The van der Waals surface area contributed by atoms with E-state index in [1.807, 2.05) is 6.92 Å². The molecule has 0 aromatic heterocycles. The molecular formula is C22H30ClFN2O4Si. The van der Waals surface area contributed by atoms with Crippen LogP contribution in [-0.2, 0) is 19.9 Å². The van der Waals surface area contributed by atoms with E-state index in [1.54, 1.807) is 48.1 Å². The molecule has 0 saturated carbocycles. The zero-order valence-electron chi connectivity index (χ0n) is 18.4. The van der Waals surface area contributed by atoms with Gasteiger partial charge < -0.3 is 23.8 Å². The largest absolute Gasteiger partial charge is 0.394 e. The number of hydrogen-bond acceptors (Lipinski definition) is 4. The second kappa shape index (κ2) is 7.83. The molecule has 1 aromatic rings. The van der Waals surface area contributed by atoms with Gasteiger partial charge in [-0.25, -0.2) is 0 Å². The summed E-state index contributed by atoms with van der Waals surface area (Å²) in [6.45, 7) is 5.58. The predicted octanol–water partition coefficient (Wildman–Crippen LogP) is 3.46. The molecule has 1 aromatic carbocycles. The van der Waals surface area contributed by atoms with E-state index >= 15 is 4.11 Å². The Morgan fingerprint density at radius 2 is 2.13 bits per heavy atom. The number of hydrogen-bond donors (Lipinski definition) is 1. The fourth-order valence-corrected chi connectivity index (χ4v) is 8.63. The molecule has 1 N–H and O–H groups in total. The van der Waals surface area contributed by atoms with Crippen molar-refractivity contribution in [2.45, 2.75) is 62.6 Å². The van der Waals surface area contributed by atoms with Crippen molar-refractivity contribution in [1.29, 1.82) is 0 Å². The third-order valence-corrected chi connectivity index (χ3v) is 10.0. The zero-order chi connectivity index (χ0) is 22.7. The van der Waals surface area contributed by atoms with E-state index in [-0.39, 0.29) is 30.9 Å². The number of fused-ring (bicyclic) bond motifs is 2. The van der Waals surface area contributed by atoms with Crippen molar-refractivity contribution in [3.8, 4) is 0 Å². The first-order chi connectivity index (χ1) is 14.5. The van der Waals surface area contributed by atoms with E-state index in [2.05, 4.69) is 0 Å². The van der Waals surface area contributed by atoms with Gasteiger partial charge in [0, 0.05) is 35.6 Å². The lowest BCUT2D eigenvalue weighted by Crippen LogP contribution is -2.44. The van der Waals surface area contributed by atoms with E-state index in [0.717, 1.165) is 12.8 Å². The van der Waals surface area contributed by atoms with Gasteiger partial charge in [-0.2, -0.15) is 0 Å². The molecule has 4 rings (SSSR count). The monoisotopic (exact) mass is 468 g/mol. The molecule has 0 bridgehead atoms. The maximum atomic E-state index is 15.6. The number of aliphatic hydroxyl groups is 1. The molecule has 0 aliphatic carbocycles. The van der Waals surface area contributed by atoms with Crippen LogP contribution in [0.15, 0.2) is 18.2 Å². The lowest BCUT2D eigenvalue weighted by atomic mass is 9.82. The molecule has 2 amide bonds. The molecule has 3 aliphatic heterocycles. The zero-order valence-corrected chi connectivity index (χ0v) is 20.2. The molecule has 2 fully saturated rings. The third kappa shape index (κ3) is 3.42. The van der Waals surface area contributed by atoms with Gasteiger partial charge in [-0.1, -0.05) is 18.5 Å². The Labute approximate surface area is 188 Å². The van der Waals surface area contributed by atoms with Gasteiger partial charge in [-0.3, -0.25) is 9.59 Å². The summed E-state index contributed by atoms with van der Waals surface area (Å²) in [5.41, 5.74) is -0.533. The fraction of sp³-hybridized carbons (Fsp3) is 0.636. The smallest absolute Gasteiger partial charge is 0.264 e. The molecule has 31 heavy (non-hydrogen) atoms. The number of rotatable bonds is 4. The number of carbonyl (C=O) groups is 2. The molecule has 1 spiro atoms. The number of carbonyl (C=O) groups excluding carboxylic acids is 2. The summed E-state index contributed by atoms with van der Waals surface area (Å²) >= 11 is 6.26. The third-order valence-electron chi connectivity index (χ3n) is 7.34. The lowest BCUT2D eigenvalue weighted by Gasteiger charge is -2.31. The van der Waals surface area contributed by atoms with Gasteiger partial charge in [-0.05, 0) is 44.1 Å². The van der Waals surface area contributed by atoms with Gasteiger partial charge in [0.2, 0.25) is 14.3 Å². The first-order valence-corrected chi connectivity index (χ1v) is 14.2. The number of aliphatic hydroxyl groups excluding tert-OH is 1. The Morgan fingerprint density at radius 1 is 1.42 bits per heavy atom. The van der Waals surface area contributed by atoms with Gasteiger partial charge in [0.1, 0.15) is 0 Å². The van der Waals surface area contributed by atoms with Crippen molar-refractivity contribution in [2.24, 2.45) is 5.92 Å². The van der Waals surface area contributed by atoms with Crippen LogP contribution in [0, 0.1) is 5.92 Å². The van der Waals surface area contributed by atoms with Gasteiger partial charge in [0.05, 0.1) is 30.9 Å². The Balaban J connectivity index is 1.73. The highest BCUT2D eigenvalue weighted by Gasteiger charge is 2.66. The average molecular weight is 469 g/mol. The summed E-state index contributed by atoms with van der Waals surface area (Å²) in [6, 6.07) is 5.03. The van der Waals surface area contributed by atoms with Gasteiger partial charge >= 0.3 is 0 Å². The van der Waals surface area contributed by atoms with Crippen molar-refractivity contribution in [3.63, 3.8) is 0 Å². The summed E-state index contributed by atoms with van der Waals surface area (Å²) in [6.07, 6.45) is 0.887. The maximum absolute atomic E-state index is 15.6. The molecule has 5 atom stereocenters. The highest BCUT2D eigenvalue weighted by Crippen LogP contribution is 2.60. The van der Waals surface area contributed by atoms with Crippen molar-refractivity contribution in [2.75, 3.05) is 25.1 Å². The Morgan fingerprint density at radius 3 is 2.77 bits per heavy atom. The summed E-state index contributed by atoms with van der Waals surface area (Å²) in [5, 5.41) is 10.1. The van der Waals surface area contributed by atoms with Crippen LogP contribution in [-0.4, -0.2) is 62.6 Å². The minimum absolute atomic E-state index is 0.000496. The summed E-state index contributed by atoms with van der Waals surface area (Å²) in [7, 11) is -1.63. The summed E-state index contributed by atoms with van der Waals surface area (Å²) < 4.78 is 22.1. The number of anilines is 1. The van der Waals surface area contributed by atoms with Crippen molar-refractivity contribution < 1.29 is 23.5 Å². The van der Waals surface area contributed by atoms with Crippen LogP contribution in [0.1, 0.15) is 31.7 Å². The highest BCUT2D eigenvalue weighted by molar-refractivity contribution is 6.72. The number of benzene rings is 1. The van der Waals surface area contributed by atoms with Crippen LogP contribution in [0.4, 0.5) is 9.80 Å². The van der Waals surface area contributed by atoms with Crippen molar-refractivity contribution in [3.05, 3.63) is 28.8 Å². The second-order valence-electron chi connectivity index (χ2n) is 9.57. The van der Waals surface area contributed by atoms with E-state index in [0.29, 0.717) is 22.8 Å². The Bertz CT molecular complexity index is 910. The normalized spacial score (nSPS) is 32.9. The quantitative estimate of drug-likeness (QED) is 0.542. The number of halogens is 2. The van der Waals surface area contributed by atoms with E-state index in [9.17, 15) is 14.7 Å². The van der Waals surface area contributed by atoms with E-state index in [1.165, 1.54) is 0 Å². The van der Waals surface area contributed by atoms with Crippen LogP contribution >= 0.6 is 11.6 Å². The minimum Gasteiger partial charge on any atom is -0.394 e. The number of ether oxygens (including phenoxy) is 1. The minimum atomic E-state index is -3.31. The molecular weight excluding hydrogens is 439 g/mol. The fourth-order valence-electron chi connectivity index (χ4n) is 5.97. The first-order valence-electron chi connectivity index (χ1n) is 10.9. The Hall–Kier alpha value is -1.48. The molecule has 6 nitrogen and oxygen atoms in total. The van der Waals surface area contributed by atoms with Gasteiger partial charge in [0.25, 0.3) is 5.91 Å². The number of likely N-dealkylation sites (N-methyl/N-ethyl adjacent to an activating group) is 1. The van der Waals surface area contributed by atoms with Crippen LogP contribution in [0.3, 0.4) is 0 Å². The van der Waals surface area contributed by atoms with Crippen molar-refractivity contribution >= 4 is 37.5 Å². The topological polar surface area (TPSA) is 70.1 Å². The lowest BCUT2D eigenvalue weighted by molar-refractivity contribution is -0.149. The summed E-state index contributed by atoms with van der Waals surface area (Å²) in [5.74, 6) is -0.845. The predicted molar refractivity (Wildman–Crippen MR) is 119 cm³/mol. The average Bonchev–Trinajstić information content (AvgIpc) is 3.33. The highest BCUT2D eigenvalue weighted by atomic mass is 35.5. The first kappa shape index (κ1) is 22.7. The van der Waals surface area contributed by atoms with E-state index < -0.39 is 31.6 Å².